The molecule has 1 aromatic rings. The van der Waals surface area contributed by atoms with Crippen molar-refractivity contribution in [2.75, 3.05) is 19.3 Å². The number of alkyl halides is 3. The molecule has 1 aromatic heterocycles. The number of pyridine rings is 1. The molecule has 0 saturated carbocycles. The Bertz CT molecular complexity index is 338. The molecule has 0 bridgehead atoms. The summed E-state index contributed by atoms with van der Waals surface area (Å²) in [5.41, 5.74) is 6.74. The fourth-order valence-electron chi connectivity index (χ4n) is 1.23. The van der Waals surface area contributed by atoms with Gasteiger partial charge >= 0.3 is 6.18 Å². The van der Waals surface area contributed by atoms with Crippen molar-refractivity contribution in [2.24, 2.45) is 0 Å². The summed E-state index contributed by atoms with van der Waals surface area (Å²) < 4.78 is 35.9. The van der Waals surface area contributed by atoms with E-state index in [1.54, 1.807) is 30.3 Å². The lowest BCUT2D eigenvalue weighted by atomic mass is 10.3. The van der Waals surface area contributed by atoms with Crippen LogP contribution in [-0.2, 0) is 6.54 Å². The van der Waals surface area contributed by atoms with Crippen molar-refractivity contribution >= 4 is 5.69 Å². The highest BCUT2D eigenvalue weighted by Crippen LogP contribution is 2.20. The Kier molecular flexibility index (Phi) is 4.12. The van der Waals surface area contributed by atoms with E-state index in [9.17, 15) is 13.2 Å². The molecule has 0 spiro atoms. The zero-order chi connectivity index (χ0) is 12.2. The molecule has 2 N–H and O–H groups in total. The summed E-state index contributed by atoms with van der Waals surface area (Å²) in [4.78, 5) is 5.56. The third-order valence-corrected chi connectivity index (χ3v) is 2.12. The van der Waals surface area contributed by atoms with Gasteiger partial charge in [-0.2, -0.15) is 13.2 Å². The molecule has 0 radical (unpaired) electrons. The Morgan fingerprint density at radius 2 is 2.12 bits per heavy atom. The van der Waals surface area contributed by atoms with E-state index in [0.717, 1.165) is 0 Å². The van der Waals surface area contributed by atoms with Crippen molar-refractivity contribution in [1.29, 1.82) is 0 Å². The molecule has 6 heteroatoms. The molecule has 0 aromatic carbocycles. The molecule has 90 valence electrons. The second-order valence-corrected chi connectivity index (χ2v) is 3.64. The molecule has 0 aliphatic carbocycles. The molecule has 16 heavy (non-hydrogen) atoms. The van der Waals surface area contributed by atoms with Crippen LogP contribution in [0.1, 0.15) is 12.1 Å². The smallest absolute Gasteiger partial charge is 0.390 e. The second-order valence-electron chi connectivity index (χ2n) is 3.64. The number of nitrogens with zero attached hydrogens (tertiary/aromatic N) is 2. The van der Waals surface area contributed by atoms with Crippen LogP contribution in [0.15, 0.2) is 18.3 Å². The Morgan fingerprint density at radius 1 is 1.44 bits per heavy atom. The minimum Gasteiger partial charge on any atom is -0.397 e. The van der Waals surface area contributed by atoms with E-state index in [2.05, 4.69) is 4.98 Å². The summed E-state index contributed by atoms with van der Waals surface area (Å²) in [5, 5.41) is 0. The monoisotopic (exact) mass is 233 g/mol. The summed E-state index contributed by atoms with van der Waals surface area (Å²) in [6.45, 7) is 0.266. The number of nitrogen functional groups attached to an aromatic ring is 1. The predicted octanol–water partition coefficient (Wildman–Crippen LogP) is 2.05. The van der Waals surface area contributed by atoms with Crippen molar-refractivity contribution in [3.63, 3.8) is 0 Å². The van der Waals surface area contributed by atoms with Gasteiger partial charge in [-0.1, -0.05) is 0 Å². The first-order valence-electron chi connectivity index (χ1n) is 4.83. The predicted molar refractivity (Wildman–Crippen MR) is 55.7 cm³/mol. The highest BCUT2D eigenvalue weighted by atomic mass is 19.4. The molecule has 0 saturated heterocycles. The highest BCUT2D eigenvalue weighted by Gasteiger charge is 2.27. The van der Waals surface area contributed by atoms with Crippen molar-refractivity contribution in [2.45, 2.75) is 19.1 Å². The van der Waals surface area contributed by atoms with Crippen LogP contribution in [-0.4, -0.2) is 29.7 Å². The van der Waals surface area contributed by atoms with Crippen molar-refractivity contribution in [3.8, 4) is 0 Å². The van der Waals surface area contributed by atoms with Gasteiger partial charge in [-0.05, 0) is 19.2 Å². The quantitative estimate of drug-likeness (QED) is 0.865. The van der Waals surface area contributed by atoms with Gasteiger partial charge in [0.05, 0.1) is 17.8 Å². The molecule has 0 fully saturated rings. The van der Waals surface area contributed by atoms with Crippen LogP contribution < -0.4 is 5.73 Å². The third-order valence-electron chi connectivity index (χ3n) is 2.12. The zero-order valence-electron chi connectivity index (χ0n) is 8.96. The minimum atomic E-state index is -4.12. The minimum absolute atomic E-state index is 0.0560. The third kappa shape index (κ3) is 4.48. The summed E-state index contributed by atoms with van der Waals surface area (Å²) in [6, 6.07) is 3.37. The summed E-state index contributed by atoms with van der Waals surface area (Å²) in [6.07, 6.45) is -3.37. The van der Waals surface area contributed by atoms with Gasteiger partial charge in [-0.3, -0.25) is 4.98 Å². The van der Waals surface area contributed by atoms with Crippen LogP contribution in [0.25, 0.3) is 0 Å². The molecule has 0 aliphatic heterocycles. The van der Waals surface area contributed by atoms with Gasteiger partial charge in [0.15, 0.2) is 0 Å². The second kappa shape index (κ2) is 5.16. The average Bonchev–Trinajstić information content (AvgIpc) is 2.18. The van der Waals surface area contributed by atoms with Gasteiger partial charge in [-0.25, -0.2) is 0 Å². The number of halogens is 3. The van der Waals surface area contributed by atoms with Crippen molar-refractivity contribution in [1.82, 2.24) is 9.88 Å². The topological polar surface area (TPSA) is 42.2 Å². The molecular weight excluding hydrogens is 219 g/mol. The van der Waals surface area contributed by atoms with Crippen LogP contribution >= 0.6 is 0 Å². The van der Waals surface area contributed by atoms with Gasteiger partial charge in [0.1, 0.15) is 0 Å². The normalized spacial score (nSPS) is 12.1. The maximum atomic E-state index is 12.0. The van der Waals surface area contributed by atoms with E-state index in [4.69, 9.17) is 5.73 Å². The van der Waals surface area contributed by atoms with Crippen LogP contribution in [0.4, 0.5) is 18.9 Å². The van der Waals surface area contributed by atoms with Crippen molar-refractivity contribution in [3.05, 3.63) is 24.0 Å². The Morgan fingerprint density at radius 3 is 2.69 bits per heavy atom. The lowest BCUT2D eigenvalue weighted by Gasteiger charge is -2.17. The maximum Gasteiger partial charge on any atom is 0.390 e. The van der Waals surface area contributed by atoms with Crippen LogP contribution in [0.2, 0.25) is 0 Å². The van der Waals surface area contributed by atoms with Crippen molar-refractivity contribution < 1.29 is 13.2 Å². The number of hydrogen-bond donors (Lipinski definition) is 1. The lowest BCUT2D eigenvalue weighted by molar-refractivity contribution is -0.137. The van der Waals surface area contributed by atoms with Crippen LogP contribution in [0.5, 0.6) is 0 Å². The average molecular weight is 233 g/mol. The van der Waals surface area contributed by atoms with E-state index < -0.39 is 12.6 Å². The molecular formula is C10H14F3N3. The van der Waals surface area contributed by atoms with Gasteiger partial charge < -0.3 is 10.6 Å². The van der Waals surface area contributed by atoms with E-state index in [-0.39, 0.29) is 6.54 Å². The van der Waals surface area contributed by atoms with Crippen LogP contribution in [0, 0.1) is 0 Å². The Balaban J connectivity index is 2.46. The zero-order valence-corrected chi connectivity index (χ0v) is 8.96. The standard InChI is InChI=1S/C10H14F3N3/c1-16(6-4-10(11,12)13)7-9-8(14)3-2-5-15-9/h2-3,5H,4,6-7,14H2,1H3. The molecule has 1 rings (SSSR count). The fraction of sp³-hybridized carbons (Fsp3) is 0.500. The number of nitrogens with two attached hydrogens (primary N) is 1. The largest absolute Gasteiger partial charge is 0.397 e. The van der Waals surface area contributed by atoms with E-state index in [1.807, 2.05) is 0 Å². The molecule has 1 heterocycles. The number of anilines is 1. The highest BCUT2D eigenvalue weighted by molar-refractivity contribution is 5.41. The van der Waals surface area contributed by atoms with Crippen LogP contribution in [0.3, 0.4) is 0 Å². The summed E-state index contributed by atoms with van der Waals surface area (Å²) >= 11 is 0. The van der Waals surface area contributed by atoms with E-state index in [0.29, 0.717) is 17.9 Å². The summed E-state index contributed by atoms with van der Waals surface area (Å²) in [7, 11) is 1.61. The SMILES string of the molecule is CN(CCC(F)(F)F)Cc1ncccc1N. The number of aromatic nitrogens is 1. The van der Waals surface area contributed by atoms with Gasteiger partial charge in [0.2, 0.25) is 0 Å². The first kappa shape index (κ1) is 12.8. The van der Waals surface area contributed by atoms with Gasteiger partial charge in [0.25, 0.3) is 0 Å². The summed E-state index contributed by atoms with van der Waals surface area (Å²) in [5.74, 6) is 0. The molecule has 0 unspecified atom stereocenters. The van der Waals surface area contributed by atoms with Gasteiger partial charge in [-0.15, -0.1) is 0 Å². The lowest BCUT2D eigenvalue weighted by Crippen LogP contribution is -2.24. The maximum absolute atomic E-state index is 12.0. The Hall–Kier alpha value is -1.30. The first-order chi connectivity index (χ1) is 7.38. The molecule has 3 nitrogen and oxygen atoms in total. The molecule has 0 amide bonds. The van der Waals surface area contributed by atoms with E-state index >= 15 is 0 Å². The molecule has 0 atom stereocenters. The van der Waals surface area contributed by atoms with E-state index in [1.165, 1.54) is 0 Å². The molecule has 0 aliphatic rings. The number of rotatable bonds is 4. The van der Waals surface area contributed by atoms with Gasteiger partial charge in [0, 0.05) is 19.3 Å². The first-order valence-corrected chi connectivity index (χ1v) is 4.83. The fourth-order valence-corrected chi connectivity index (χ4v) is 1.23. The number of hydrogen-bond acceptors (Lipinski definition) is 3. The Labute approximate surface area is 92.1 Å².